The Morgan fingerprint density at radius 2 is 1.51 bits per heavy atom. The molecule has 1 saturated heterocycles. The average Bonchev–Trinajstić information content (AvgIpc) is 2.87. The van der Waals surface area contributed by atoms with Gasteiger partial charge >= 0.3 is 6.09 Å². The van der Waals surface area contributed by atoms with Crippen molar-refractivity contribution in [2.75, 3.05) is 13.1 Å². The van der Waals surface area contributed by atoms with E-state index < -0.39 is 11.8 Å². The number of carbonyl (C=O) groups is 1. The van der Waals surface area contributed by atoms with Crippen LogP contribution in [0.1, 0.15) is 64.3 Å². The Hall–Kier alpha value is -3.72. The van der Waals surface area contributed by atoms with E-state index >= 15 is 0 Å². The van der Waals surface area contributed by atoms with Crippen molar-refractivity contribution in [2.45, 2.75) is 83.3 Å². The number of amides is 1. The van der Waals surface area contributed by atoms with Gasteiger partial charge in [0.15, 0.2) is 0 Å². The van der Waals surface area contributed by atoms with Crippen LogP contribution in [-0.2, 0) is 16.7 Å². The van der Waals surface area contributed by atoms with Gasteiger partial charge in [0.05, 0.1) is 5.69 Å². The summed E-state index contributed by atoms with van der Waals surface area (Å²) in [5.74, 6) is 1.91. The molecule has 0 radical (unpaired) electrons. The third kappa shape index (κ3) is 7.52. The minimum atomic E-state index is -0.727. The highest BCUT2D eigenvalue weighted by Gasteiger charge is 2.33. The molecular weight excluding hydrogens is 523 g/mol. The Kier molecular flexibility index (Phi) is 8.18. The van der Waals surface area contributed by atoms with E-state index in [1.165, 1.54) is 5.56 Å². The summed E-state index contributed by atoms with van der Waals surface area (Å²) >= 11 is 0. The first-order valence-electron chi connectivity index (χ1n) is 14.2. The molecule has 0 spiro atoms. The van der Waals surface area contributed by atoms with Crippen LogP contribution in [0.4, 0.5) is 9.18 Å². The average molecular weight is 563 g/mol. The molecule has 2 fully saturated rings. The van der Waals surface area contributed by atoms with Crippen molar-refractivity contribution in [1.82, 2.24) is 20.4 Å². The Balaban J connectivity index is 1.10. The molecule has 9 heteroatoms. The Morgan fingerprint density at radius 3 is 2.05 bits per heavy atom. The first-order chi connectivity index (χ1) is 19.4. The lowest BCUT2D eigenvalue weighted by Gasteiger charge is -2.36. The van der Waals surface area contributed by atoms with Crippen LogP contribution in [0.25, 0.3) is 0 Å². The number of ether oxygens (including phenoxy) is 3. The lowest BCUT2D eigenvalue weighted by atomic mass is 9.78. The van der Waals surface area contributed by atoms with Crippen LogP contribution in [0.5, 0.6) is 17.4 Å². The maximum atomic E-state index is 13.0. The van der Waals surface area contributed by atoms with Gasteiger partial charge in [0.1, 0.15) is 29.4 Å². The van der Waals surface area contributed by atoms with Crippen molar-refractivity contribution in [3.8, 4) is 17.4 Å². The fourth-order valence-corrected chi connectivity index (χ4v) is 4.98. The van der Waals surface area contributed by atoms with Gasteiger partial charge in [-0.2, -0.15) is 5.10 Å². The highest BCUT2D eigenvalue weighted by molar-refractivity contribution is 5.68. The number of halogens is 1. The maximum absolute atomic E-state index is 13.0. The summed E-state index contributed by atoms with van der Waals surface area (Å²) in [4.78, 5) is 13.9. The molecule has 1 N–H and O–H groups in total. The maximum Gasteiger partial charge on any atom is 0.407 e. The monoisotopic (exact) mass is 562 g/mol. The van der Waals surface area contributed by atoms with Crippen LogP contribution >= 0.6 is 0 Å². The summed E-state index contributed by atoms with van der Waals surface area (Å²) in [5, 5.41) is 11.3. The summed E-state index contributed by atoms with van der Waals surface area (Å²) < 4.78 is 30.3. The Labute approximate surface area is 241 Å². The van der Waals surface area contributed by atoms with Crippen molar-refractivity contribution in [1.29, 1.82) is 0 Å². The van der Waals surface area contributed by atoms with Gasteiger partial charge < -0.3 is 19.5 Å². The van der Waals surface area contributed by atoms with E-state index in [1.54, 1.807) is 6.07 Å². The smallest absolute Gasteiger partial charge is 0.407 e. The number of alkyl carbamates (subject to hydrolysis) is 1. The van der Waals surface area contributed by atoms with Gasteiger partial charge in [0.25, 0.3) is 0 Å². The van der Waals surface area contributed by atoms with Crippen LogP contribution < -0.4 is 14.8 Å². The summed E-state index contributed by atoms with van der Waals surface area (Å²) in [6.07, 6.45) is 0.486. The van der Waals surface area contributed by atoms with Gasteiger partial charge in [-0.3, -0.25) is 4.90 Å². The molecule has 218 valence electrons. The van der Waals surface area contributed by atoms with E-state index in [-0.39, 0.29) is 23.7 Å². The molecule has 0 bridgehead atoms. The summed E-state index contributed by atoms with van der Waals surface area (Å²) in [6.45, 7) is 11.4. The number of alkyl halides is 1. The van der Waals surface area contributed by atoms with Crippen molar-refractivity contribution in [3.63, 3.8) is 0 Å². The van der Waals surface area contributed by atoms with Crippen molar-refractivity contribution < 1.29 is 23.4 Å². The van der Waals surface area contributed by atoms with Gasteiger partial charge in [-0.1, -0.05) is 38.1 Å². The summed E-state index contributed by atoms with van der Waals surface area (Å²) in [7, 11) is 0. The highest BCUT2D eigenvalue weighted by atomic mass is 19.1. The number of nitrogens with one attached hydrogen (secondary N) is 1. The van der Waals surface area contributed by atoms with Crippen LogP contribution in [0.3, 0.4) is 0 Å². The van der Waals surface area contributed by atoms with Gasteiger partial charge in [-0.25, -0.2) is 9.18 Å². The molecular formula is C32H39FN4O4. The fraction of sp³-hybridized carbons (Fsp3) is 0.469. The van der Waals surface area contributed by atoms with Gasteiger partial charge in [-0.05, 0) is 62.2 Å². The summed E-state index contributed by atoms with van der Waals surface area (Å²) in [6, 6.07) is 19.9. The predicted octanol–water partition coefficient (Wildman–Crippen LogP) is 6.18. The molecule has 41 heavy (non-hydrogen) atoms. The minimum absolute atomic E-state index is 0.0758. The summed E-state index contributed by atoms with van der Waals surface area (Å²) in [5.41, 5.74) is 2.38. The third-order valence-electron chi connectivity index (χ3n) is 7.49. The number of hydrogen-bond acceptors (Lipinski definition) is 7. The van der Waals surface area contributed by atoms with Crippen LogP contribution in [0.2, 0.25) is 0 Å². The van der Waals surface area contributed by atoms with Crippen molar-refractivity contribution in [2.24, 2.45) is 0 Å². The predicted molar refractivity (Wildman–Crippen MR) is 154 cm³/mol. The van der Waals surface area contributed by atoms with E-state index in [0.29, 0.717) is 31.3 Å². The van der Waals surface area contributed by atoms with E-state index in [2.05, 4.69) is 53.6 Å². The largest absolute Gasteiger partial charge is 0.490 e. The molecule has 8 nitrogen and oxygen atoms in total. The number of aromatic nitrogens is 2. The van der Waals surface area contributed by atoms with E-state index in [0.717, 1.165) is 29.8 Å². The second-order valence-corrected chi connectivity index (χ2v) is 12.5. The molecule has 1 amide bonds. The first kappa shape index (κ1) is 28.8. The van der Waals surface area contributed by atoms with Gasteiger partial charge in [0.2, 0.25) is 5.88 Å². The van der Waals surface area contributed by atoms with Gasteiger partial charge in [0, 0.05) is 50.0 Å². The number of likely N-dealkylation sites (tertiary alicyclic amines) is 1. The highest BCUT2D eigenvalue weighted by Crippen LogP contribution is 2.35. The van der Waals surface area contributed by atoms with E-state index in [4.69, 9.17) is 14.2 Å². The quantitative estimate of drug-likeness (QED) is 0.333. The molecule has 5 rings (SSSR count). The van der Waals surface area contributed by atoms with E-state index in [1.807, 2.05) is 56.0 Å². The topological polar surface area (TPSA) is 85.8 Å². The van der Waals surface area contributed by atoms with Crippen molar-refractivity contribution in [3.05, 3.63) is 77.5 Å². The Morgan fingerprint density at radius 1 is 0.902 bits per heavy atom. The molecule has 2 aliphatic rings. The molecule has 0 unspecified atom stereocenters. The molecule has 3 aromatic rings. The molecule has 2 heterocycles. The number of nitrogens with zero attached hydrogens (tertiary/aromatic N) is 3. The molecule has 0 atom stereocenters. The zero-order valence-electron chi connectivity index (χ0n) is 24.4. The third-order valence-corrected chi connectivity index (χ3v) is 7.49. The van der Waals surface area contributed by atoms with Gasteiger partial charge in [-0.15, -0.1) is 5.10 Å². The van der Waals surface area contributed by atoms with Crippen LogP contribution in [-0.4, -0.2) is 58.2 Å². The molecule has 1 aliphatic heterocycles. The zero-order chi connectivity index (χ0) is 29.2. The normalized spacial score (nSPS) is 19.6. The number of carbonyl (C=O) groups excluding carboxylic acids is 1. The second kappa shape index (κ2) is 11.6. The standard InChI is InChI=1S/C32H39FN4O4/c1-31(2,3)41-30(38)34-25-16-28(17-25)39-26-11-6-21(7-12-26)32(4,5)22-8-13-27(14-9-22)40-29-15-10-24(35-36-29)20-37-18-23(33)19-37/h6-15,23,25,28H,16-20H2,1-5H3,(H,34,38). The Bertz CT molecular complexity index is 1310. The minimum Gasteiger partial charge on any atom is -0.490 e. The van der Waals surface area contributed by atoms with Crippen LogP contribution in [0.15, 0.2) is 60.7 Å². The lowest BCUT2D eigenvalue weighted by molar-refractivity contribution is 0.0362. The molecule has 1 aromatic heterocycles. The fourth-order valence-electron chi connectivity index (χ4n) is 4.98. The molecule has 2 aromatic carbocycles. The first-order valence-corrected chi connectivity index (χ1v) is 14.2. The van der Waals surface area contributed by atoms with Crippen molar-refractivity contribution >= 4 is 6.09 Å². The number of rotatable bonds is 9. The number of hydrogen-bond donors (Lipinski definition) is 1. The molecule has 1 saturated carbocycles. The zero-order valence-corrected chi connectivity index (χ0v) is 24.4. The second-order valence-electron chi connectivity index (χ2n) is 12.5. The lowest BCUT2D eigenvalue weighted by Crippen LogP contribution is -2.50. The number of benzene rings is 2. The molecule has 1 aliphatic carbocycles. The SMILES string of the molecule is CC(C)(C)OC(=O)NC1CC(Oc2ccc(C(C)(C)c3ccc(Oc4ccc(CN5CC(F)C5)nn4)cc3)cc2)C1. The van der Waals surface area contributed by atoms with E-state index in [9.17, 15) is 9.18 Å². The van der Waals surface area contributed by atoms with Crippen LogP contribution in [0, 0.1) is 0 Å².